The average Bonchev–Trinajstić information content (AvgIpc) is 3.44. The van der Waals surface area contributed by atoms with Crippen molar-refractivity contribution in [2.45, 2.75) is 26.8 Å². The molecule has 0 unspecified atom stereocenters. The largest absolute Gasteiger partial charge is 0.290 e. The minimum atomic E-state index is -0.602. The third kappa shape index (κ3) is 4.12. The second-order valence-electron chi connectivity index (χ2n) is 6.74. The third-order valence-electron chi connectivity index (χ3n) is 4.54. The molecule has 1 aromatic carbocycles. The fraction of sp³-hybridized carbons (Fsp3) is 0.190. The number of rotatable bonds is 5. The van der Waals surface area contributed by atoms with E-state index in [9.17, 15) is 14.4 Å². The molecule has 0 aliphatic heterocycles. The number of amides is 2. The number of carbonyl (C=O) groups excluding carboxylic acids is 2. The Morgan fingerprint density at radius 2 is 1.81 bits per heavy atom. The van der Waals surface area contributed by atoms with Crippen LogP contribution < -0.4 is 16.4 Å². The SMILES string of the molecule is CCCn1nc(C(=O)NNC(=O)c2sc(-c3cccs3)nc2C)c2ccccc2c1=O. The van der Waals surface area contributed by atoms with E-state index in [1.807, 2.05) is 24.4 Å². The maximum Gasteiger partial charge on any atom is 0.290 e. The molecule has 10 heteroatoms. The molecule has 0 bridgehead atoms. The Labute approximate surface area is 185 Å². The van der Waals surface area contributed by atoms with Crippen molar-refractivity contribution in [1.82, 2.24) is 25.6 Å². The predicted molar refractivity (Wildman–Crippen MR) is 121 cm³/mol. The van der Waals surface area contributed by atoms with Crippen LogP contribution in [0.4, 0.5) is 0 Å². The first-order chi connectivity index (χ1) is 15.0. The first-order valence-electron chi connectivity index (χ1n) is 9.61. The van der Waals surface area contributed by atoms with E-state index in [1.165, 1.54) is 16.0 Å². The highest BCUT2D eigenvalue weighted by Crippen LogP contribution is 2.30. The Morgan fingerprint density at radius 1 is 1.06 bits per heavy atom. The molecule has 4 rings (SSSR count). The van der Waals surface area contributed by atoms with E-state index < -0.39 is 11.8 Å². The molecule has 0 atom stereocenters. The van der Waals surface area contributed by atoms with E-state index in [4.69, 9.17) is 0 Å². The molecule has 0 saturated heterocycles. The molecule has 31 heavy (non-hydrogen) atoms. The Morgan fingerprint density at radius 3 is 2.52 bits per heavy atom. The van der Waals surface area contributed by atoms with Gasteiger partial charge in [0.25, 0.3) is 17.4 Å². The molecule has 3 heterocycles. The molecule has 4 aromatic rings. The molecule has 0 spiro atoms. The number of thiophene rings is 1. The molecular weight excluding hydrogens is 434 g/mol. The molecular formula is C21H19N5O3S2. The Balaban J connectivity index is 1.57. The van der Waals surface area contributed by atoms with Crippen molar-refractivity contribution in [1.29, 1.82) is 0 Å². The van der Waals surface area contributed by atoms with Crippen LogP contribution in [-0.4, -0.2) is 26.6 Å². The Bertz CT molecular complexity index is 1320. The van der Waals surface area contributed by atoms with E-state index in [-0.39, 0.29) is 11.3 Å². The molecule has 0 saturated carbocycles. The van der Waals surface area contributed by atoms with Crippen LogP contribution in [0.25, 0.3) is 20.7 Å². The summed E-state index contributed by atoms with van der Waals surface area (Å²) in [5, 5.41) is 7.76. The highest BCUT2D eigenvalue weighted by atomic mass is 32.1. The van der Waals surface area contributed by atoms with Crippen LogP contribution in [0, 0.1) is 6.92 Å². The minimum Gasteiger partial charge on any atom is -0.267 e. The summed E-state index contributed by atoms with van der Waals surface area (Å²) < 4.78 is 1.28. The summed E-state index contributed by atoms with van der Waals surface area (Å²) in [6, 6.07) is 10.7. The highest BCUT2D eigenvalue weighted by molar-refractivity contribution is 7.22. The summed E-state index contributed by atoms with van der Waals surface area (Å²) in [6.07, 6.45) is 0.695. The molecule has 3 aromatic heterocycles. The summed E-state index contributed by atoms with van der Waals surface area (Å²) in [5.74, 6) is -1.06. The van der Waals surface area contributed by atoms with Gasteiger partial charge in [-0.3, -0.25) is 25.2 Å². The van der Waals surface area contributed by atoms with Gasteiger partial charge in [-0.1, -0.05) is 31.2 Å². The lowest BCUT2D eigenvalue weighted by Gasteiger charge is -2.11. The molecule has 0 aliphatic carbocycles. The second-order valence-corrected chi connectivity index (χ2v) is 8.69. The van der Waals surface area contributed by atoms with Crippen molar-refractivity contribution < 1.29 is 9.59 Å². The minimum absolute atomic E-state index is 0.0734. The van der Waals surface area contributed by atoms with E-state index in [0.717, 1.165) is 9.88 Å². The lowest BCUT2D eigenvalue weighted by molar-refractivity contribution is 0.0845. The van der Waals surface area contributed by atoms with Crippen molar-refractivity contribution in [3.63, 3.8) is 0 Å². The summed E-state index contributed by atoms with van der Waals surface area (Å²) in [4.78, 5) is 43.9. The van der Waals surface area contributed by atoms with Crippen molar-refractivity contribution in [3.8, 4) is 9.88 Å². The zero-order valence-corrected chi connectivity index (χ0v) is 18.5. The Hall–Kier alpha value is -3.37. The van der Waals surface area contributed by atoms with Crippen molar-refractivity contribution in [2.75, 3.05) is 0 Å². The monoisotopic (exact) mass is 453 g/mol. The van der Waals surface area contributed by atoms with Gasteiger partial charge >= 0.3 is 0 Å². The molecule has 0 fully saturated rings. The number of fused-ring (bicyclic) bond motifs is 1. The molecule has 0 radical (unpaired) electrons. The predicted octanol–water partition coefficient (Wildman–Crippen LogP) is 3.37. The van der Waals surface area contributed by atoms with Crippen LogP contribution in [0.5, 0.6) is 0 Å². The number of benzene rings is 1. The quantitative estimate of drug-likeness (QED) is 0.451. The topological polar surface area (TPSA) is 106 Å². The number of nitrogens with one attached hydrogen (secondary N) is 2. The zero-order valence-electron chi connectivity index (χ0n) is 16.8. The number of carbonyl (C=O) groups is 2. The van der Waals surface area contributed by atoms with E-state index in [0.29, 0.717) is 34.3 Å². The number of hydrogen-bond donors (Lipinski definition) is 2. The molecule has 2 N–H and O–H groups in total. The maximum atomic E-state index is 12.8. The van der Waals surface area contributed by atoms with Gasteiger partial charge in [0.1, 0.15) is 9.88 Å². The zero-order chi connectivity index (χ0) is 22.0. The number of thiazole rings is 1. The molecule has 158 valence electrons. The number of hydrazine groups is 1. The van der Waals surface area contributed by atoms with Crippen molar-refractivity contribution in [2.24, 2.45) is 0 Å². The van der Waals surface area contributed by atoms with Gasteiger partial charge in [0.15, 0.2) is 5.69 Å². The molecule has 2 amide bonds. The van der Waals surface area contributed by atoms with Crippen molar-refractivity contribution in [3.05, 3.63) is 68.4 Å². The Kier molecular flexibility index (Phi) is 5.92. The molecule has 0 aliphatic rings. The lowest BCUT2D eigenvalue weighted by Crippen LogP contribution is -2.42. The van der Waals surface area contributed by atoms with Gasteiger partial charge in [-0.25, -0.2) is 9.67 Å². The fourth-order valence-corrected chi connectivity index (χ4v) is 4.87. The summed E-state index contributed by atoms with van der Waals surface area (Å²) in [6.45, 7) is 4.06. The first kappa shape index (κ1) is 20.9. The smallest absolute Gasteiger partial charge is 0.267 e. The van der Waals surface area contributed by atoms with Gasteiger partial charge in [-0.15, -0.1) is 22.7 Å². The van der Waals surface area contributed by atoms with Gasteiger partial charge in [0.2, 0.25) is 0 Å². The van der Waals surface area contributed by atoms with Crippen LogP contribution in [0.2, 0.25) is 0 Å². The summed E-state index contributed by atoms with van der Waals surface area (Å²) in [5.41, 5.74) is 5.26. The summed E-state index contributed by atoms with van der Waals surface area (Å²) >= 11 is 2.80. The summed E-state index contributed by atoms with van der Waals surface area (Å²) in [7, 11) is 0. The van der Waals surface area contributed by atoms with Crippen LogP contribution in [-0.2, 0) is 6.54 Å². The van der Waals surface area contributed by atoms with Crippen LogP contribution in [0.15, 0.2) is 46.6 Å². The highest BCUT2D eigenvalue weighted by Gasteiger charge is 2.20. The fourth-order valence-electron chi connectivity index (χ4n) is 3.11. The van der Waals surface area contributed by atoms with Gasteiger partial charge in [-0.2, -0.15) is 5.10 Å². The number of aromatic nitrogens is 3. The van der Waals surface area contributed by atoms with Gasteiger partial charge in [0, 0.05) is 11.9 Å². The average molecular weight is 454 g/mol. The standard InChI is InChI=1S/C21H19N5O3S2/c1-3-10-26-21(29)14-8-5-4-7-13(14)16(25-26)18(27)23-24-19(28)17-12(2)22-20(31-17)15-9-6-11-30-15/h4-9,11H,3,10H2,1-2H3,(H,23,27)(H,24,28). The maximum absolute atomic E-state index is 12.8. The van der Waals surface area contributed by atoms with Gasteiger partial charge in [-0.05, 0) is 30.9 Å². The number of aryl methyl sites for hydroxylation is 2. The van der Waals surface area contributed by atoms with E-state index >= 15 is 0 Å². The normalized spacial score (nSPS) is 10.9. The molecule has 8 nitrogen and oxygen atoms in total. The van der Waals surface area contributed by atoms with E-state index in [2.05, 4.69) is 20.9 Å². The van der Waals surface area contributed by atoms with Gasteiger partial charge in [0.05, 0.1) is 16.0 Å². The van der Waals surface area contributed by atoms with Crippen LogP contribution >= 0.6 is 22.7 Å². The van der Waals surface area contributed by atoms with Crippen LogP contribution in [0.1, 0.15) is 39.2 Å². The van der Waals surface area contributed by atoms with Gasteiger partial charge < -0.3 is 0 Å². The van der Waals surface area contributed by atoms with E-state index in [1.54, 1.807) is 42.5 Å². The third-order valence-corrected chi connectivity index (χ3v) is 6.74. The number of nitrogens with zero attached hydrogens (tertiary/aromatic N) is 3. The lowest BCUT2D eigenvalue weighted by atomic mass is 10.1. The first-order valence-corrected chi connectivity index (χ1v) is 11.3. The number of hydrogen-bond acceptors (Lipinski definition) is 7. The van der Waals surface area contributed by atoms with Crippen molar-refractivity contribution >= 4 is 45.3 Å². The second kappa shape index (κ2) is 8.78. The van der Waals surface area contributed by atoms with Crippen LogP contribution in [0.3, 0.4) is 0 Å².